The molecule has 1 saturated heterocycles. The molecule has 0 unspecified atom stereocenters. The fourth-order valence-electron chi connectivity index (χ4n) is 2.98. The molecule has 0 aromatic heterocycles. The van der Waals surface area contributed by atoms with Crippen molar-refractivity contribution < 1.29 is 4.79 Å². The van der Waals surface area contributed by atoms with E-state index in [1.165, 1.54) is 31.1 Å². The normalized spacial score (nSPS) is 14.4. The van der Waals surface area contributed by atoms with Gasteiger partial charge < -0.3 is 15.5 Å². The molecule has 2 N–H and O–H groups in total. The molecule has 2 aromatic carbocycles. The summed E-state index contributed by atoms with van der Waals surface area (Å²) < 4.78 is 0. The molecule has 6 heteroatoms. The van der Waals surface area contributed by atoms with E-state index in [1.807, 2.05) is 18.2 Å². The van der Waals surface area contributed by atoms with Crippen molar-refractivity contribution in [2.45, 2.75) is 19.3 Å². The number of carbonyl (C=O) groups excluding carboxylic acids is 1. The zero-order valence-electron chi connectivity index (χ0n) is 14.9. The van der Waals surface area contributed by atoms with E-state index in [0.29, 0.717) is 10.7 Å². The quantitative estimate of drug-likeness (QED) is 0.578. The Morgan fingerprint density at radius 2 is 1.78 bits per heavy atom. The number of halogens is 1. The summed E-state index contributed by atoms with van der Waals surface area (Å²) >= 11 is 6.03. The van der Waals surface area contributed by atoms with Crippen LogP contribution >= 0.6 is 11.6 Å². The van der Waals surface area contributed by atoms with Crippen molar-refractivity contribution in [3.05, 3.63) is 65.3 Å². The van der Waals surface area contributed by atoms with E-state index in [-0.39, 0.29) is 5.57 Å². The van der Waals surface area contributed by atoms with Gasteiger partial charge in [-0.2, -0.15) is 5.26 Å². The van der Waals surface area contributed by atoms with Crippen LogP contribution in [0.5, 0.6) is 0 Å². The van der Waals surface area contributed by atoms with E-state index in [4.69, 9.17) is 11.6 Å². The topological polar surface area (TPSA) is 68.2 Å². The number of rotatable bonds is 5. The standard InChI is InChI=1S/C21H21ClN4O/c22-19-6-2-3-7-20(19)25-21(27)16(14-23)15-24-17-8-10-18(11-9-17)26-12-4-1-5-13-26/h2-3,6-11,15,24H,1,4-5,12-13H2,(H,25,27)/b16-15-. The fraction of sp³-hybridized carbons (Fsp3) is 0.238. The van der Waals surface area contributed by atoms with Crippen LogP contribution in [0.15, 0.2) is 60.3 Å². The Balaban J connectivity index is 1.63. The molecule has 1 aliphatic heterocycles. The predicted molar refractivity (Wildman–Crippen MR) is 110 cm³/mol. The lowest BCUT2D eigenvalue weighted by atomic mass is 10.1. The fourth-order valence-corrected chi connectivity index (χ4v) is 3.16. The highest BCUT2D eigenvalue weighted by Crippen LogP contribution is 2.23. The summed E-state index contributed by atoms with van der Waals surface area (Å²) in [6.45, 7) is 2.18. The second-order valence-corrected chi connectivity index (χ2v) is 6.75. The molecule has 27 heavy (non-hydrogen) atoms. The number of piperidine rings is 1. The third-order valence-electron chi connectivity index (χ3n) is 4.46. The zero-order valence-corrected chi connectivity index (χ0v) is 15.7. The Morgan fingerprint density at radius 3 is 2.44 bits per heavy atom. The van der Waals surface area contributed by atoms with Crippen LogP contribution in [-0.4, -0.2) is 19.0 Å². The number of amides is 1. The van der Waals surface area contributed by atoms with Crippen LogP contribution in [0.3, 0.4) is 0 Å². The monoisotopic (exact) mass is 380 g/mol. The maximum atomic E-state index is 12.3. The van der Waals surface area contributed by atoms with E-state index in [0.717, 1.165) is 18.8 Å². The third-order valence-corrected chi connectivity index (χ3v) is 4.79. The van der Waals surface area contributed by atoms with E-state index >= 15 is 0 Å². The van der Waals surface area contributed by atoms with Crippen molar-refractivity contribution in [3.63, 3.8) is 0 Å². The molecule has 0 aliphatic carbocycles. The van der Waals surface area contributed by atoms with Crippen molar-refractivity contribution in [3.8, 4) is 6.07 Å². The summed E-state index contributed by atoms with van der Waals surface area (Å²) in [7, 11) is 0. The van der Waals surface area contributed by atoms with Gasteiger partial charge >= 0.3 is 0 Å². The molecular weight excluding hydrogens is 360 g/mol. The van der Waals surface area contributed by atoms with Crippen LogP contribution in [0.2, 0.25) is 5.02 Å². The molecule has 1 fully saturated rings. The number of benzene rings is 2. The maximum absolute atomic E-state index is 12.3. The van der Waals surface area contributed by atoms with Crippen molar-refractivity contribution in [1.82, 2.24) is 0 Å². The Labute approximate surface area is 164 Å². The Morgan fingerprint density at radius 1 is 1.07 bits per heavy atom. The Hall–Kier alpha value is -2.97. The summed E-state index contributed by atoms with van der Waals surface area (Å²) in [4.78, 5) is 14.6. The second kappa shape index (κ2) is 9.11. The Bertz CT molecular complexity index is 864. The number of nitrogens with one attached hydrogen (secondary N) is 2. The number of hydrogen-bond donors (Lipinski definition) is 2. The minimum atomic E-state index is -0.511. The number of hydrogen-bond acceptors (Lipinski definition) is 4. The molecule has 3 rings (SSSR count). The minimum Gasteiger partial charge on any atom is -0.372 e. The van der Waals surface area contributed by atoms with Crippen LogP contribution in [0, 0.1) is 11.3 Å². The molecule has 138 valence electrons. The lowest BCUT2D eigenvalue weighted by Crippen LogP contribution is -2.29. The van der Waals surface area contributed by atoms with E-state index < -0.39 is 5.91 Å². The summed E-state index contributed by atoms with van der Waals surface area (Å²) in [5.41, 5.74) is 2.45. The molecule has 0 spiro atoms. The molecule has 0 atom stereocenters. The molecule has 0 saturated carbocycles. The van der Waals surface area contributed by atoms with Gasteiger partial charge in [0.2, 0.25) is 0 Å². The van der Waals surface area contributed by atoms with Crippen molar-refractivity contribution in [1.29, 1.82) is 5.26 Å². The van der Waals surface area contributed by atoms with Gasteiger partial charge in [-0.15, -0.1) is 0 Å². The number of nitriles is 1. The van der Waals surface area contributed by atoms with Gasteiger partial charge in [-0.05, 0) is 55.7 Å². The average molecular weight is 381 g/mol. The minimum absolute atomic E-state index is 0.0324. The number of carbonyl (C=O) groups is 1. The van der Waals surface area contributed by atoms with Crippen LogP contribution < -0.4 is 15.5 Å². The van der Waals surface area contributed by atoms with Gasteiger partial charge in [-0.1, -0.05) is 23.7 Å². The summed E-state index contributed by atoms with van der Waals surface area (Å²) in [6.07, 6.45) is 5.17. The molecule has 5 nitrogen and oxygen atoms in total. The van der Waals surface area contributed by atoms with Gasteiger partial charge in [0.05, 0.1) is 10.7 Å². The largest absolute Gasteiger partial charge is 0.372 e. The second-order valence-electron chi connectivity index (χ2n) is 6.34. The third kappa shape index (κ3) is 5.02. The smallest absolute Gasteiger partial charge is 0.267 e. The highest BCUT2D eigenvalue weighted by molar-refractivity contribution is 6.33. The van der Waals surface area contributed by atoms with E-state index in [1.54, 1.807) is 24.3 Å². The van der Waals surface area contributed by atoms with Crippen molar-refractivity contribution in [2.75, 3.05) is 28.6 Å². The summed E-state index contributed by atoms with van der Waals surface area (Å²) in [5, 5.41) is 15.3. The van der Waals surface area contributed by atoms with Gasteiger partial charge in [0.15, 0.2) is 0 Å². The van der Waals surface area contributed by atoms with Crippen molar-refractivity contribution >= 4 is 34.6 Å². The number of nitrogens with zero attached hydrogens (tertiary/aromatic N) is 2. The first-order chi connectivity index (χ1) is 13.2. The zero-order chi connectivity index (χ0) is 19.1. The first-order valence-corrected chi connectivity index (χ1v) is 9.33. The molecule has 1 amide bonds. The molecule has 1 heterocycles. The highest BCUT2D eigenvalue weighted by atomic mass is 35.5. The van der Waals surface area contributed by atoms with Crippen molar-refractivity contribution in [2.24, 2.45) is 0 Å². The summed E-state index contributed by atoms with van der Waals surface area (Å²) in [6, 6.07) is 16.8. The molecule has 1 aliphatic rings. The van der Waals surface area contributed by atoms with Crippen LogP contribution in [0.1, 0.15) is 19.3 Å². The van der Waals surface area contributed by atoms with Gasteiger partial charge in [-0.3, -0.25) is 4.79 Å². The van der Waals surface area contributed by atoms with Gasteiger partial charge in [0, 0.05) is 30.7 Å². The van der Waals surface area contributed by atoms with Gasteiger partial charge in [0.1, 0.15) is 11.6 Å². The van der Waals surface area contributed by atoms with E-state index in [9.17, 15) is 10.1 Å². The first-order valence-electron chi connectivity index (χ1n) is 8.95. The lowest BCUT2D eigenvalue weighted by molar-refractivity contribution is -0.112. The lowest BCUT2D eigenvalue weighted by Gasteiger charge is -2.28. The van der Waals surface area contributed by atoms with Crippen LogP contribution in [0.25, 0.3) is 0 Å². The maximum Gasteiger partial charge on any atom is 0.267 e. The number of anilines is 3. The van der Waals surface area contributed by atoms with E-state index in [2.05, 4.69) is 27.7 Å². The van der Waals surface area contributed by atoms with Crippen LogP contribution in [0.4, 0.5) is 17.1 Å². The van der Waals surface area contributed by atoms with Crippen LogP contribution in [-0.2, 0) is 4.79 Å². The van der Waals surface area contributed by atoms with Gasteiger partial charge in [-0.25, -0.2) is 0 Å². The summed E-state index contributed by atoms with van der Waals surface area (Å²) in [5.74, 6) is -0.511. The average Bonchev–Trinajstić information content (AvgIpc) is 2.71. The molecular formula is C21H21ClN4O. The predicted octanol–water partition coefficient (Wildman–Crippen LogP) is 4.79. The molecule has 2 aromatic rings. The van der Waals surface area contributed by atoms with Gasteiger partial charge in [0.25, 0.3) is 5.91 Å². The Kier molecular flexibility index (Phi) is 6.35. The SMILES string of the molecule is N#C/C(=C/Nc1ccc(N2CCCCC2)cc1)C(=O)Nc1ccccc1Cl. The highest BCUT2D eigenvalue weighted by Gasteiger charge is 2.12. The first kappa shape index (κ1) is 18.8. The number of para-hydroxylation sites is 1. The molecule has 0 bridgehead atoms. The molecule has 0 radical (unpaired) electrons.